The predicted octanol–water partition coefficient (Wildman–Crippen LogP) is 5.60. The summed E-state index contributed by atoms with van der Waals surface area (Å²) in [6.07, 6.45) is 2.01. The van der Waals surface area contributed by atoms with Gasteiger partial charge in [-0.2, -0.15) is 0 Å². The number of amides is 1. The first kappa shape index (κ1) is 22.0. The summed E-state index contributed by atoms with van der Waals surface area (Å²) < 4.78 is 2.13. The Morgan fingerprint density at radius 1 is 0.879 bits per heavy atom. The fourth-order valence-electron chi connectivity index (χ4n) is 3.77. The fraction of sp³-hybridized carbons (Fsp3) is 0.148. The van der Waals surface area contributed by atoms with Crippen molar-refractivity contribution in [3.05, 3.63) is 135 Å². The number of benzene rings is 3. The van der Waals surface area contributed by atoms with E-state index in [1.54, 1.807) is 17.0 Å². The van der Waals surface area contributed by atoms with Crippen LogP contribution in [0.2, 0.25) is 0 Å². The van der Waals surface area contributed by atoms with Crippen LogP contribution in [0.3, 0.4) is 0 Å². The SMILES string of the molecule is Cc1ccc(Cn2cccc2CN(Cc2ccccc2)C(=O)c2cccc([N+](=O)[O-])c2)cc1. The zero-order valence-electron chi connectivity index (χ0n) is 18.4. The lowest BCUT2D eigenvalue weighted by atomic mass is 10.1. The molecule has 4 rings (SSSR count). The molecule has 1 heterocycles. The number of non-ortho nitro benzene ring substituents is 1. The number of nitrogens with zero attached hydrogens (tertiary/aromatic N) is 3. The molecule has 6 nitrogen and oxygen atoms in total. The molecular formula is C27H25N3O3. The molecule has 0 atom stereocenters. The molecule has 6 heteroatoms. The summed E-state index contributed by atoms with van der Waals surface area (Å²) in [5.74, 6) is -0.245. The summed E-state index contributed by atoms with van der Waals surface area (Å²) in [7, 11) is 0. The van der Waals surface area contributed by atoms with Gasteiger partial charge >= 0.3 is 0 Å². The first-order chi connectivity index (χ1) is 16.0. The molecule has 0 fully saturated rings. The van der Waals surface area contributed by atoms with Crippen molar-refractivity contribution < 1.29 is 9.72 Å². The van der Waals surface area contributed by atoms with E-state index in [0.717, 1.165) is 11.3 Å². The molecule has 0 saturated heterocycles. The summed E-state index contributed by atoms with van der Waals surface area (Å²) in [6, 6.07) is 28.0. The second kappa shape index (κ2) is 9.96. The topological polar surface area (TPSA) is 68.4 Å². The number of aromatic nitrogens is 1. The zero-order valence-corrected chi connectivity index (χ0v) is 18.4. The van der Waals surface area contributed by atoms with Gasteiger partial charge in [-0.3, -0.25) is 14.9 Å². The van der Waals surface area contributed by atoms with Gasteiger partial charge in [-0.25, -0.2) is 0 Å². The molecule has 0 bridgehead atoms. The van der Waals surface area contributed by atoms with Gasteiger partial charge in [0.1, 0.15) is 0 Å². The van der Waals surface area contributed by atoms with Crippen molar-refractivity contribution in [3.8, 4) is 0 Å². The normalized spacial score (nSPS) is 10.7. The van der Waals surface area contributed by atoms with Crippen molar-refractivity contribution in [1.82, 2.24) is 9.47 Å². The molecule has 0 unspecified atom stereocenters. The maximum absolute atomic E-state index is 13.5. The Bertz CT molecular complexity index is 1250. The summed E-state index contributed by atoms with van der Waals surface area (Å²) in [5, 5.41) is 11.2. The third kappa shape index (κ3) is 5.54. The van der Waals surface area contributed by atoms with Crippen LogP contribution < -0.4 is 0 Å². The van der Waals surface area contributed by atoms with E-state index in [9.17, 15) is 14.9 Å². The molecule has 166 valence electrons. The van der Waals surface area contributed by atoms with E-state index < -0.39 is 4.92 Å². The van der Waals surface area contributed by atoms with Crippen LogP contribution in [-0.2, 0) is 19.6 Å². The van der Waals surface area contributed by atoms with Crippen LogP contribution in [0.15, 0.2) is 97.2 Å². The van der Waals surface area contributed by atoms with Gasteiger partial charge < -0.3 is 9.47 Å². The molecule has 0 radical (unpaired) electrons. The monoisotopic (exact) mass is 439 g/mol. The Labute approximate surface area is 192 Å². The molecule has 0 saturated carbocycles. The molecular weight excluding hydrogens is 414 g/mol. The van der Waals surface area contributed by atoms with Crippen molar-refractivity contribution >= 4 is 11.6 Å². The third-order valence-electron chi connectivity index (χ3n) is 5.56. The van der Waals surface area contributed by atoms with Crippen LogP contribution >= 0.6 is 0 Å². The summed E-state index contributed by atoms with van der Waals surface area (Å²) in [6.45, 7) is 3.55. The van der Waals surface area contributed by atoms with Crippen molar-refractivity contribution in [1.29, 1.82) is 0 Å². The highest BCUT2D eigenvalue weighted by atomic mass is 16.6. The van der Waals surface area contributed by atoms with Gasteiger partial charge in [0.25, 0.3) is 11.6 Å². The highest BCUT2D eigenvalue weighted by molar-refractivity contribution is 5.94. The number of nitro groups is 1. The molecule has 33 heavy (non-hydrogen) atoms. The predicted molar refractivity (Wildman–Crippen MR) is 128 cm³/mol. The molecule has 3 aromatic carbocycles. The average Bonchev–Trinajstić information content (AvgIpc) is 3.27. The Morgan fingerprint density at radius 2 is 1.64 bits per heavy atom. The summed E-state index contributed by atoms with van der Waals surface area (Å²) in [5.41, 5.74) is 4.58. The van der Waals surface area contributed by atoms with Gasteiger partial charge in [0.2, 0.25) is 0 Å². The second-order valence-electron chi connectivity index (χ2n) is 8.07. The van der Waals surface area contributed by atoms with Gasteiger partial charge in [-0.05, 0) is 36.2 Å². The number of carbonyl (C=O) groups excluding carboxylic acids is 1. The molecule has 0 aliphatic heterocycles. The first-order valence-corrected chi connectivity index (χ1v) is 10.8. The Kier molecular flexibility index (Phi) is 6.64. The summed E-state index contributed by atoms with van der Waals surface area (Å²) >= 11 is 0. The minimum atomic E-state index is -0.481. The fourth-order valence-corrected chi connectivity index (χ4v) is 3.77. The maximum Gasteiger partial charge on any atom is 0.270 e. The largest absolute Gasteiger partial charge is 0.345 e. The highest BCUT2D eigenvalue weighted by Crippen LogP contribution is 2.19. The Hall–Kier alpha value is -4.19. The Morgan fingerprint density at radius 3 is 2.36 bits per heavy atom. The minimum absolute atomic E-state index is 0.0942. The molecule has 0 aliphatic rings. The van der Waals surface area contributed by atoms with Gasteiger partial charge in [0.15, 0.2) is 0 Å². The smallest absolute Gasteiger partial charge is 0.270 e. The van der Waals surface area contributed by atoms with Gasteiger partial charge in [0, 0.05) is 42.7 Å². The zero-order chi connectivity index (χ0) is 23.2. The van der Waals surface area contributed by atoms with Gasteiger partial charge in [0.05, 0.1) is 11.5 Å². The molecule has 0 N–H and O–H groups in total. The number of nitro benzene ring substituents is 1. The van der Waals surface area contributed by atoms with E-state index in [2.05, 4.69) is 35.8 Å². The molecule has 4 aromatic rings. The first-order valence-electron chi connectivity index (χ1n) is 10.8. The standard InChI is InChI=1S/C27H25N3O3/c1-21-12-14-23(15-13-21)18-28-16-6-11-26(28)20-29(19-22-7-3-2-4-8-22)27(31)24-9-5-10-25(17-24)30(32)33/h2-17H,18-20H2,1H3. The van der Waals surface area contributed by atoms with Gasteiger partial charge in [-0.15, -0.1) is 0 Å². The number of hydrogen-bond donors (Lipinski definition) is 0. The van der Waals surface area contributed by atoms with E-state index >= 15 is 0 Å². The van der Waals surface area contributed by atoms with Crippen LogP contribution in [-0.4, -0.2) is 20.3 Å². The highest BCUT2D eigenvalue weighted by Gasteiger charge is 2.20. The van der Waals surface area contributed by atoms with E-state index in [1.165, 1.54) is 23.3 Å². The van der Waals surface area contributed by atoms with E-state index in [4.69, 9.17) is 0 Å². The maximum atomic E-state index is 13.5. The van der Waals surface area contributed by atoms with Crippen molar-refractivity contribution in [2.24, 2.45) is 0 Å². The van der Waals surface area contributed by atoms with Crippen LogP contribution in [0, 0.1) is 17.0 Å². The molecule has 1 amide bonds. The number of rotatable bonds is 8. The summed E-state index contributed by atoms with van der Waals surface area (Å²) in [4.78, 5) is 25.9. The van der Waals surface area contributed by atoms with E-state index in [1.807, 2.05) is 48.7 Å². The lowest BCUT2D eigenvalue weighted by Gasteiger charge is -2.24. The van der Waals surface area contributed by atoms with Crippen molar-refractivity contribution in [3.63, 3.8) is 0 Å². The van der Waals surface area contributed by atoms with Crippen molar-refractivity contribution in [2.45, 2.75) is 26.6 Å². The van der Waals surface area contributed by atoms with Crippen LogP contribution in [0.5, 0.6) is 0 Å². The van der Waals surface area contributed by atoms with Crippen molar-refractivity contribution in [2.75, 3.05) is 0 Å². The van der Waals surface area contributed by atoms with E-state index in [0.29, 0.717) is 25.2 Å². The quantitative estimate of drug-likeness (QED) is 0.265. The molecule has 1 aromatic heterocycles. The third-order valence-corrected chi connectivity index (χ3v) is 5.56. The van der Waals surface area contributed by atoms with Crippen LogP contribution in [0.1, 0.15) is 32.7 Å². The van der Waals surface area contributed by atoms with Crippen LogP contribution in [0.25, 0.3) is 0 Å². The number of aryl methyl sites for hydroxylation is 1. The average molecular weight is 440 g/mol. The van der Waals surface area contributed by atoms with Gasteiger partial charge in [-0.1, -0.05) is 66.2 Å². The Balaban J connectivity index is 1.61. The molecule has 0 aliphatic carbocycles. The van der Waals surface area contributed by atoms with E-state index in [-0.39, 0.29) is 11.6 Å². The molecule has 0 spiro atoms. The number of carbonyl (C=O) groups is 1. The lowest BCUT2D eigenvalue weighted by Crippen LogP contribution is -2.31. The number of hydrogen-bond acceptors (Lipinski definition) is 3. The minimum Gasteiger partial charge on any atom is -0.345 e. The van der Waals surface area contributed by atoms with Crippen LogP contribution in [0.4, 0.5) is 5.69 Å². The second-order valence-corrected chi connectivity index (χ2v) is 8.07. The lowest BCUT2D eigenvalue weighted by molar-refractivity contribution is -0.384.